The second kappa shape index (κ2) is 8.50. The Kier molecular flexibility index (Phi) is 5.26. The fourth-order valence-electron chi connectivity index (χ4n) is 3.85. The molecule has 0 saturated carbocycles. The van der Waals surface area contributed by atoms with Crippen molar-refractivity contribution in [3.05, 3.63) is 115 Å². The molecule has 0 atom stereocenters. The highest BCUT2D eigenvalue weighted by Gasteiger charge is 2.27. The van der Waals surface area contributed by atoms with Crippen LogP contribution in [0.4, 0.5) is 0 Å². The molecule has 2 aliphatic rings. The predicted molar refractivity (Wildman–Crippen MR) is 127 cm³/mol. The highest BCUT2D eigenvalue weighted by atomic mass is 35.5. The van der Waals surface area contributed by atoms with Crippen molar-refractivity contribution in [2.24, 2.45) is 0 Å². The van der Waals surface area contributed by atoms with Crippen molar-refractivity contribution >= 4 is 11.6 Å². The van der Waals surface area contributed by atoms with Crippen LogP contribution in [0.3, 0.4) is 0 Å². The number of nitrogens with zero attached hydrogens (tertiary/aromatic N) is 3. The van der Waals surface area contributed by atoms with Gasteiger partial charge in [-0.1, -0.05) is 90.5 Å². The van der Waals surface area contributed by atoms with Gasteiger partial charge in [-0.25, -0.2) is 15.0 Å². The van der Waals surface area contributed by atoms with Crippen LogP contribution < -0.4 is 0 Å². The highest BCUT2D eigenvalue weighted by molar-refractivity contribution is 6.30. The molecule has 4 aromatic rings. The van der Waals surface area contributed by atoms with E-state index >= 15 is 0 Å². The van der Waals surface area contributed by atoms with Crippen LogP contribution in [0.1, 0.15) is 0 Å². The van der Waals surface area contributed by atoms with E-state index in [9.17, 15) is 0 Å². The van der Waals surface area contributed by atoms with Crippen molar-refractivity contribution in [2.45, 2.75) is 0 Å². The lowest BCUT2D eigenvalue weighted by Crippen LogP contribution is -1.88. The summed E-state index contributed by atoms with van der Waals surface area (Å²) in [4.78, 5) is 10.7. The average Bonchev–Trinajstić information content (AvgIpc) is 3.31. The van der Waals surface area contributed by atoms with Gasteiger partial charge in [0.1, 0.15) is 19.0 Å². The highest BCUT2D eigenvalue weighted by Crippen LogP contribution is 2.54. The summed E-state index contributed by atoms with van der Waals surface area (Å²) in [5.41, 5.74) is 10.4. The summed E-state index contributed by atoms with van der Waals surface area (Å²) in [6.45, 7) is 0. The van der Waals surface area contributed by atoms with Gasteiger partial charge in [-0.05, 0) is 56.6 Å². The summed E-state index contributed by atoms with van der Waals surface area (Å²) in [6.07, 6.45) is 4.31. The fraction of sp³-hybridized carbons (Fsp3) is 0. The monoisotopic (exact) mass is 419 g/mol. The maximum absolute atomic E-state index is 6.09. The summed E-state index contributed by atoms with van der Waals surface area (Å²) in [7, 11) is 0. The van der Waals surface area contributed by atoms with Gasteiger partial charge in [0.15, 0.2) is 0 Å². The minimum atomic E-state index is 0.762. The molecule has 0 unspecified atom stereocenters. The van der Waals surface area contributed by atoms with E-state index in [2.05, 4.69) is 93.8 Å². The molecule has 1 aromatic heterocycles. The number of fused-ring (bicyclic) bond motifs is 1. The zero-order valence-corrected chi connectivity index (χ0v) is 17.4. The Morgan fingerprint density at radius 3 is 1.55 bits per heavy atom. The quantitative estimate of drug-likeness (QED) is 0.304. The molecule has 0 spiro atoms. The maximum atomic E-state index is 6.09. The van der Waals surface area contributed by atoms with E-state index in [1.165, 1.54) is 63.5 Å². The standard InChI is InChI=1S/C24H15Cl.C3H3N3/c25-18-14-12-16(13-15-18)19-8-4-11-22(24-20-9-5-10-21(20)24)23(19)17-6-2-1-3-7-17;1-4-2-6-3-5-1/h1-15H;1-3H. The minimum absolute atomic E-state index is 0.762. The summed E-state index contributed by atoms with van der Waals surface area (Å²) in [6, 6.07) is 31.8. The molecule has 0 fully saturated rings. The van der Waals surface area contributed by atoms with Gasteiger partial charge in [-0.3, -0.25) is 0 Å². The first-order valence-corrected chi connectivity index (χ1v) is 10.3. The zero-order chi connectivity index (χ0) is 21.0. The lowest BCUT2D eigenvalue weighted by atomic mass is 9.89. The van der Waals surface area contributed by atoms with E-state index in [1.807, 2.05) is 12.1 Å². The summed E-state index contributed by atoms with van der Waals surface area (Å²) >= 11 is 6.09. The topological polar surface area (TPSA) is 38.7 Å². The van der Waals surface area contributed by atoms with Crippen molar-refractivity contribution in [1.82, 2.24) is 15.0 Å². The summed E-state index contributed by atoms with van der Waals surface area (Å²) < 4.78 is 0. The largest absolute Gasteiger partial charge is 0.225 e. The molecule has 31 heavy (non-hydrogen) atoms. The van der Waals surface area contributed by atoms with Crippen molar-refractivity contribution in [1.29, 1.82) is 0 Å². The Bertz CT molecular complexity index is 1270. The molecule has 3 nitrogen and oxygen atoms in total. The number of hydrogen-bond donors (Lipinski definition) is 0. The van der Waals surface area contributed by atoms with Gasteiger partial charge >= 0.3 is 0 Å². The first-order valence-electron chi connectivity index (χ1n) is 9.96. The van der Waals surface area contributed by atoms with Crippen LogP contribution in [0.5, 0.6) is 0 Å². The molecule has 0 saturated heterocycles. The van der Waals surface area contributed by atoms with Gasteiger partial charge in [0.25, 0.3) is 0 Å². The maximum Gasteiger partial charge on any atom is 0.119 e. The molecular formula is C27H18ClN3. The Balaban J connectivity index is 0.000000296. The molecule has 3 aromatic carbocycles. The summed E-state index contributed by atoms with van der Waals surface area (Å²) in [5, 5.41) is 0.762. The van der Waals surface area contributed by atoms with Gasteiger partial charge in [-0.2, -0.15) is 0 Å². The van der Waals surface area contributed by atoms with Crippen LogP contribution in [0.15, 0.2) is 110 Å². The third kappa shape index (κ3) is 3.96. The molecule has 4 heteroatoms. The van der Waals surface area contributed by atoms with Crippen LogP contribution in [0.25, 0.3) is 44.5 Å². The average molecular weight is 420 g/mol. The molecule has 1 heterocycles. The Morgan fingerprint density at radius 1 is 0.419 bits per heavy atom. The number of benzene rings is 4. The van der Waals surface area contributed by atoms with Crippen molar-refractivity contribution in [3.63, 3.8) is 0 Å². The Hall–Kier alpha value is -3.82. The normalized spacial score (nSPS) is 10.7. The molecule has 0 amide bonds. The van der Waals surface area contributed by atoms with E-state index < -0.39 is 0 Å². The first-order chi connectivity index (χ1) is 15.3. The molecule has 6 rings (SSSR count). The van der Waals surface area contributed by atoms with Gasteiger partial charge < -0.3 is 0 Å². The first kappa shape index (κ1) is 19.2. The molecule has 148 valence electrons. The van der Waals surface area contributed by atoms with Gasteiger partial charge in [0, 0.05) is 5.02 Å². The number of halogens is 1. The molecule has 2 aliphatic carbocycles. The Morgan fingerprint density at radius 2 is 0.968 bits per heavy atom. The van der Waals surface area contributed by atoms with E-state index in [1.54, 1.807) is 0 Å². The molecule has 0 N–H and O–H groups in total. The number of hydrogen-bond acceptors (Lipinski definition) is 3. The smallest absolute Gasteiger partial charge is 0.119 e. The van der Waals surface area contributed by atoms with E-state index in [-0.39, 0.29) is 0 Å². The second-order valence-corrected chi connectivity index (χ2v) is 7.56. The summed E-state index contributed by atoms with van der Waals surface area (Å²) in [5.74, 6) is 0. The lowest BCUT2D eigenvalue weighted by Gasteiger charge is -2.14. The SMILES string of the molecule is Clc1ccc(-c2cccc(-c3c4cccc3-4)c2-c2ccccc2)cc1.c1ncncn1. The molecule has 0 bridgehead atoms. The minimum Gasteiger partial charge on any atom is -0.225 e. The van der Waals surface area contributed by atoms with Crippen LogP contribution in [0, 0.1) is 0 Å². The van der Waals surface area contributed by atoms with E-state index in [4.69, 9.17) is 11.6 Å². The van der Waals surface area contributed by atoms with Gasteiger partial charge in [-0.15, -0.1) is 0 Å². The second-order valence-electron chi connectivity index (χ2n) is 7.12. The molecular weight excluding hydrogens is 402 g/mol. The van der Waals surface area contributed by atoms with Crippen LogP contribution in [-0.2, 0) is 0 Å². The number of aromatic nitrogens is 3. The van der Waals surface area contributed by atoms with Crippen molar-refractivity contribution < 1.29 is 0 Å². The lowest BCUT2D eigenvalue weighted by molar-refractivity contribution is 1.05. The van der Waals surface area contributed by atoms with Crippen molar-refractivity contribution in [3.8, 4) is 44.5 Å². The van der Waals surface area contributed by atoms with Gasteiger partial charge in [0.2, 0.25) is 0 Å². The molecule has 0 radical (unpaired) electrons. The van der Waals surface area contributed by atoms with Crippen LogP contribution in [0.2, 0.25) is 5.02 Å². The molecule has 0 aliphatic heterocycles. The van der Waals surface area contributed by atoms with E-state index in [0.717, 1.165) is 5.02 Å². The van der Waals surface area contributed by atoms with Crippen LogP contribution in [-0.4, -0.2) is 15.0 Å². The van der Waals surface area contributed by atoms with Gasteiger partial charge in [0.05, 0.1) is 0 Å². The fourth-order valence-corrected chi connectivity index (χ4v) is 3.97. The third-order valence-electron chi connectivity index (χ3n) is 5.24. The van der Waals surface area contributed by atoms with E-state index in [0.29, 0.717) is 0 Å². The van der Waals surface area contributed by atoms with Crippen LogP contribution >= 0.6 is 11.6 Å². The predicted octanol–water partition coefficient (Wildman–Crippen LogP) is 7.19. The van der Waals surface area contributed by atoms with Crippen molar-refractivity contribution in [2.75, 3.05) is 0 Å². The Labute approximate surface area is 186 Å². The third-order valence-corrected chi connectivity index (χ3v) is 5.50. The zero-order valence-electron chi connectivity index (χ0n) is 16.6. The number of rotatable bonds is 3.